The first-order valence-corrected chi connectivity index (χ1v) is 6.20. The quantitative estimate of drug-likeness (QED) is 0.881. The van der Waals surface area contributed by atoms with E-state index in [-0.39, 0.29) is 0 Å². The van der Waals surface area contributed by atoms with Gasteiger partial charge in [0.1, 0.15) is 5.82 Å². The Morgan fingerprint density at radius 3 is 3.13 bits per heavy atom. The van der Waals surface area contributed by atoms with Gasteiger partial charge in [0.25, 0.3) is 0 Å². The van der Waals surface area contributed by atoms with E-state index < -0.39 is 0 Å². The summed E-state index contributed by atoms with van der Waals surface area (Å²) in [7, 11) is 0. The van der Waals surface area contributed by atoms with Crippen LogP contribution >= 0.6 is 15.9 Å². The monoisotopic (exact) mass is 269 g/mol. The molecule has 2 N–H and O–H groups in total. The minimum atomic E-state index is 0.841. The molecular weight excluding hydrogens is 254 g/mol. The summed E-state index contributed by atoms with van der Waals surface area (Å²) in [4.78, 5) is 4.27. The van der Waals surface area contributed by atoms with Crippen molar-refractivity contribution in [2.24, 2.45) is 5.92 Å². The van der Waals surface area contributed by atoms with Crippen molar-refractivity contribution < 1.29 is 0 Å². The molecular formula is C11H16BrN3. The minimum Gasteiger partial charge on any atom is -0.370 e. The lowest BCUT2D eigenvalue weighted by molar-refractivity contribution is 0.549. The summed E-state index contributed by atoms with van der Waals surface area (Å²) >= 11 is 3.37. The lowest BCUT2D eigenvalue weighted by Gasteiger charge is -2.09. The van der Waals surface area contributed by atoms with E-state index in [9.17, 15) is 0 Å². The summed E-state index contributed by atoms with van der Waals surface area (Å²) in [5.74, 6) is 1.80. The third kappa shape index (κ3) is 3.47. The zero-order chi connectivity index (χ0) is 10.5. The number of pyridine rings is 1. The number of aromatic nitrogens is 1. The van der Waals surface area contributed by atoms with E-state index in [1.165, 1.54) is 25.9 Å². The SMILES string of the molecule is Brc1ccc(NCCC2CCNC2)nc1. The highest BCUT2D eigenvalue weighted by molar-refractivity contribution is 9.10. The van der Waals surface area contributed by atoms with E-state index >= 15 is 0 Å². The van der Waals surface area contributed by atoms with Crippen molar-refractivity contribution in [1.29, 1.82) is 0 Å². The summed E-state index contributed by atoms with van der Waals surface area (Å²) < 4.78 is 1.02. The lowest BCUT2D eigenvalue weighted by atomic mass is 10.1. The van der Waals surface area contributed by atoms with Crippen LogP contribution in [0.5, 0.6) is 0 Å². The maximum Gasteiger partial charge on any atom is 0.125 e. The molecule has 2 rings (SSSR count). The number of halogens is 1. The molecule has 1 unspecified atom stereocenters. The van der Waals surface area contributed by atoms with E-state index in [0.717, 1.165) is 22.8 Å². The van der Waals surface area contributed by atoms with Crippen LogP contribution in [0.1, 0.15) is 12.8 Å². The number of nitrogens with zero attached hydrogens (tertiary/aromatic N) is 1. The maximum absolute atomic E-state index is 4.27. The summed E-state index contributed by atoms with van der Waals surface area (Å²) in [6.45, 7) is 3.37. The summed E-state index contributed by atoms with van der Waals surface area (Å²) in [6.07, 6.45) is 4.36. The smallest absolute Gasteiger partial charge is 0.125 e. The first-order chi connectivity index (χ1) is 7.34. The van der Waals surface area contributed by atoms with Crippen LogP contribution in [0, 0.1) is 5.92 Å². The largest absolute Gasteiger partial charge is 0.370 e. The van der Waals surface area contributed by atoms with Crippen LogP contribution in [-0.4, -0.2) is 24.6 Å². The fourth-order valence-corrected chi connectivity index (χ4v) is 2.08. The fraction of sp³-hybridized carbons (Fsp3) is 0.545. The van der Waals surface area contributed by atoms with Crippen LogP contribution in [0.25, 0.3) is 0 Å². The van der Waals surface area contributed by atoms with E-state index in [1.807, 2.05) is 18.3 Å². The molecule has 82 valence electrons. The van der Waals surface area contributed by atoms with Crippen molar-refractivity contribution in [1.82, 2.24) is 10.3 Å². The van der Waals surface area contributed by atoms with Crippen molar-refractivity contribution in [2.75, 3.05) is 25.0 Å². The maximum atomic E-state index is 4.27. The topological polar surface area (TPSA) is 37.0 Å². The molecule has 4 heteroatoms. The van der Waals surface area contributed by atoms with Gasteiger partial charge in [-0.3, -0.25) is 0 Å². The van der Waals surface area contributed by atoms with Crippen molar-refractivity contribution in [3.05, 3.63) is 22.8 Å². The average Bonchev–Trinajstić information content (AvgIpc) is 2.74. The number of rotatable bonds is 4. The molecule has 0 bridgehead atoms. The van der Waals surface area contributed by atoms with Crippen LogP contribution in [0.4, 0.5) is 5.82 Å². The van der Waals surface area contributed by atoms with Gasteiger partial charge < -0.3 is 10.6 Å². The van der Waals surface area contributed by atoms with E-state index in [4.69, 9.17) is 0 Å². The van der Waals surface area contributed by atoms with Gasteiger partial charge in [0.2, 0.25) is 0 Å². The van der Waals surface area contributed by atoms with Crippen molar-refractivity contribution in [3.8, 4) is 0 Å². The first kappa shape index (κ1) is 10.9. The molecule has 0 radical (unpaired) electrons. The molecule has 0 aliphatic carbocycles. The van der Waals surface area contributed by atoms with Crippen LogP contribution in [0.2, 0.25) is 0 Å². The molecule has 0 saturated carbocycles. The third-order valence-electron chi connectivity index (χ3n) is 2.75. The molecule has 3 nitrogen and oxygen atoms in total. The molecule has 2 heterocycles. The normalized spacial score (nSPS) is 20.5. The molecule has 15 heavy (non-hydrogen) atoms. The van der Waals surface area contributed by atoms with Gasteiger partial charge in [0.15, 0.2) is 0 Å². The van der Waals surface area contributed by atoms with E-state index in [2.05, 4.69) is 31.5 Å². The Balaban J connectivity index is 1.71. The van der Waals surface area contributed by atoms with Gasteiger partial charge in [-0.05, 0) is 59.9 Å². The Hall–Kier alpha value is -0.610. The molecule has 1 saturated heterocycles. The predicted octanol–water partition coefficient (Wildman–Crippen LogP) is 2.26. The molecule has 0 amide bonds. The van der Waals surface area contributed by atoms with Crippen molar-refractivity contribution in [2.45, 2.75) is 12.8 Å². The van der Waals surface area contributed by atoms with Crippen molar-refractivity contribution in [3.63, 3.8) is 0 Å². The fourth-order valence-electron chi connectivity index (χ4n) is 1.85. The van der Waals surface area contributed by atoms with Gasteiger partial charge in [0, 0.05) is 17.2 Å². The second-order valence-corrected chi connectivity index (χ2v) is 4.85. The molecule has 0 spiro atoms. The highest BCUT2D eigenvalue weighted by atomic mass is 79.9. The lowest BCUT2D eigenvalue weighted by Crippen LogP contribution is -2.13. The summed E-state index contributed by atoms with van der Waals surface area (Å²) in [5, 5.41) is 6.72. The van der Waals surface area contributed by atoms with Crippen LogP contribution in [0.3, 0.4) is 0 Å². The molecule has 1 aliphatic rings. The Morgan fingerprint density at radius 2 is 2.47 bits per heavy atom. The third-order valence-corrected chi connectivity index (χ3v) is 3.22. The van der Waals surface area contributed by atoms with Gasteiger partial charge in [-0.15, -0.1) is 0 Å². The minimum absolute atomic E-state index is 0.841. The van der Waals surface area contributed by atoms with Crippen LogP contribution in [-0.2, 0) is 0 Å². The van der Waals surface area contributed by atoms with Gasteiger partial charge in [-0.25, -0.2) is 4.98 Å². The predicted molar refractivity (Wildman–Crippen MR) is 66.0 cm³/mol. The number of hydrogen-bond donors (Lipinski definition) is 2. The van der Waals surface area contributed by atoms with E-state index in [0.29, 0.717) is 0 Å². The summed E-state index contributed by atoms with van der Waals surface area (Å²) in [6, 6.07) is 4.00. The highest BCUT2D eigenvalue weighted by Gasteiger charge is 2.13. The number of anilines is 1. The molecule has 0 aromatic carbocycles. The Morgan fingerprint density at radius 1 is 1.53 bits per heavy atom. The van der Waals surface area contributed by atoms with Gasteiger partial charge in [0.05, 0.1) is 0 Å². The van der Waals surface area contributed by atoms with Gasteiger partial charge in [-0.2, -0.15) is 0 Å². The van der Waals surface area contributed by atoms with Crippen LogP contribution in [0.15, 0.2) is 22.8 Å². The molecule has 1 fully saturated rings. The summed E-state index contributed by atoms with van der Waals surface area (Å²) in [5.41, 5.74) is 0. The zero-order valence-electron chi connectivity index (χ0n) is 8.67. The Bertz CT molecular complexity index is 293. The Kier molecular flexibility index (Phi) is 3.97. The first-order valence-electron chi connectivity index (χ1n) is 5.41. The molecule has 1 atom stereocenters. The van der Waals surface area contributed by atoms with Crippen LogP contribution < -0.4 is 10.6 Å². The molecule has 1 aliphatic heterocycles. The second-order valence-electron chi connectivity index (χ2n) is 3.94. The van der Waals surface area contributed by atoms with Crippen molar-refractivity contribution >= 4 is 21.7 Å². The zero-order valence-corrected chi connectivity index (χ0v) is 10.3. The highest BCUT2D eigenvalue weighted by Crippen LogP contribution is 2.13. The standard InChI is InChI=1S/C11H16BrN3/c12-10-1-2-11(15-8-10)14-6-4-9-3-5-13-7-9/h1-2,8-9,13H,3-7H2,(H,14,15). The van der Waals surface area contributed by atoms with E-state index in [1.54, 1.807) is 0 Å². The Labute approximate surface area is 98.8 Å². The molecule has 1 aromatic heterocycles. The average molecular weight is 270 g/mol. The van der Waals surface area contributed by atoms with Gasteiger partial charge in [-0.1, -0.05) is 0 Å². The van der Waals surface area contributed by atoms with Gasteiger partial charge >= 0.3 is 0 Å². The number of nitrogens with one attached hydrogen (secondary N) is 2. The molecule has 1 aromatic rings. The number of hydrogen-bond acceptors (Lipinski definition) is 3. The second kappa shape index (κ2) is 5.47.